The van der Waals surface area contributed by atoms with Crippen molar-refractivity contribution in [2.24, 2.45) is 0 Å². The highest BCUT2D eigenvalue weighted by molar-refractivity contribution is 5.76. The fraction of sp³-hybridized carbons (Fsp3) is 0.222. The van der Waals surface area contributed by atoms with Gasteiger partial charge < -0.3 is 10.2 Å². The molecule has 1 heterocycles. The Hall–Kier alpha value is -1.58. The van der Waals surface area contributed by atoms with Crippen LogP contribution in [-0.4, -0.2) is 4.98 Å². The van der Waals surface area contributed by atoms with Crippen LogP contribution in [0.15, 0.2) is 16.5 Å². The standard InChI is InChI=1S/C9H9FN2O/c1-2-9-12-7-3-5(10)6(11)4-8(7)13-9/h3-4H,2,11H2,1H3. The number of hydrogen-bond acceptors (Lipinski definition) is 3. The zero-order valence-corrected chi connectivity index (χ0v) is 7.17. The maximum Gasteiger partial charge on any atom is 0.195 e. The molecule has 68 valence electrons. The second-order valence-corrected chi connectivity index (χ2v) is 2.80. The van der Waals surface area contributed by atoms with Crippen LogP contribution in [0.3, 0.4) is 0 Å². The van der Waals surface area contributed by atoms with Crippen molar-refractivity contribution in [3.63, 3.8) is 0 Å². The molecule has 0 aliphatic heterocycles. The molecule has 2 aromatic rings. The molecule has 0 amide bonds. The Labute approximate surface area is 74.4 Å². The Morgan fingerprint density at radius 3 is 3.00 bits per heavy atom. The third-order valence-corrected chi connectivity index (χ3v) is 1.85. The maximum atomic E-state index is 13.0. The van der Waals surface area contributed by atoms with Crippen molar-refractivity contribution in [2.45, 2.75) is 13.3 Å². The smallest absolute Gasteiger partial charge is 0.195 e. The average molecular weight is 180 g/mol. The molecule has 4 heteroatoms. The second-order valence-electron chi connectivity index (χ2n) is 2.80. The van der Waals surface area contributed by atoms with Gasteiger partial charge >= 0.3 is 0 Å². The number of halogens is 1. The van der Waals surface area contributed by atoms with Gasteiger partial charge in [0.15, 0.2) is 11.5 Å². The lowest BCUT2D eigenvalue weighted by atomic mass is 10.3. The number of nitrogens with zero attached hydrogens (tertiary/aromatic N) is 1. The van der Waals surface area contributed by atoms with Crippen LogP contribution in [-0.2, 0) is 6.42 Å². The topological polar surface area (TPSA) is 52.0 Å². The zero-order valence-electron chi connectivity index (χ0n) is 7.17. The fourth-order valence-corrected chi connectivity index (χ4v) is 1.16. The molecule has 0 saturated heterocycles. The van der Waals surface area contributed by atoms with Crippen LogP contribution in [0.5, 0.6) is 0 Å². The van der Waals surface area contributed by atoms with E-state index in [0.717, 1.165) is 0 Å². The van der Waals surface area contributed by atoms with Gasteiger partial charge in [-0.25, -0.2) is 9.37 Å². The number of hydrogen-bond donors (Lipinski definition) is 1. The SMILES string of the molecule is CCc1nc2cc(F)c(N)cc2o1. The highest BCUT2D eigenvalue weighted by Crippen LogP contribution is 2.21. The van der Waals surface area contributed by atoms with E-state index in [1.54, 1.807) is 0 Å². The van der Waals surface area contributed by atoms with E-state index in [0.29, 0.717) is 23.4 Å². The summed E-state index contributed by atoms with van der Waals surface area (Å²) in [7, 11) is 0. The molecule has 0 radical (unpaired) electrons. The van der Waals surface area contributed by atoms with Crippen molar-refractivity contribution in [3.8, 4) is 0 Å². The fourth-order valence-electron chi connectivity index (χ4n) is 1.16. The molecule has 0 spiro atoms. The van der Waals surface area contributed by atoms with E-state index in [1.807, 2.05) is 6.92 Å². The van der Waals surface area contributed by atoms with Crippen molar-refractivity contribution >= 4 is 16.8 Å². The first-order chi connectivity index (χ1) is 6.20. The third kappa shape index (κ3) is 1.24. The molecular weight excluding hydrogens is 171 g/mol. The van der Waals surface area contributed by atoms with Gasteiger partial charge in [0.05, 0.1) is 5.69 Å². The summed E-state index contributed by atoms with van der Waals surface area (Å²) in [4.78, 5) is 4.07. The minimum atomic E-state index is -0.455. The lowest BCUT2D eigenvalue weighted by Gasteiger charge is -1.92. The molecule has 2 rings (SSSR count). The van der Waals surface area contributed by atoms with Crippen LogP contribution < -0.4 is 5.73 Å². The van der Waals surface area contributed by atoms with E-state index in [2.05, 4.69) is 4.98 Å². The molecule has 0 atom stereocenters. The number of oxazole rings is 1. The minimum Gasteiger partial charge on any atom is -0.441 e. The number of nitrogen functional groups attached to an aromatic ring is 1. The molecule has 1 aromatic heterocycles. The highest BCUT2D eigenvalue weighted by Gasteiger charge is 2.07. The van der Waals surface area contributed by atoms with Crippen LogP contribution in [0.1, 0.15) is 12.8 Å². The lowest BCUT2D eigenvalue weighted by molar-refractivity contribution is 0.538. The average Bonchev–Trinajstić information content (AvgIpc) is 2.48. The molecule has 1 aromatic carbocycles. The summed E-state index contributed by atoms with van der Waals surface area (Å²) in [5.74, 6) is 0.142. The molecule has 2 N–H and O–H groups in total. The molecule has 0 aliphatic rings. The van der Waals surface area contributed by atoms with Gasteiger partial charge in [-0.1, -0.05) is 6.92 Å². The first-order valence-corrected chi connectivity index (χ1v) is 4.05. The first kappa shape index (κ1) is 8.04. The Morgan fingerprint density at radius 2 is 2.31 bits per heavy atom. The van der Waals surface area contributed by atoms with Gasteiger partial charge in [0.25, 0.3) is 0 Å². The Bertz CT molecular complexity index is 411. The predicted molar refractivity (Wildman–Crippen MR) is 47.8 cm³/mol. The van der Waals surface area contributed by atoms with E-state index in [4.69, 9.17) is 10.2 Å². The largest absolute Gasteiger partial charge is 0.441 e. The van der Waals surface area contributed by atoms with Crippen LogP contribution in [0.25, 0.3) is 11.1 Å². The van der Waals surface area contributed by atoms with Crippen LogP contribution >= 0.6 is 0 Å². The number of fused-ring (bicyclic) bond motifs is 1. The number of benzene rings is 1. The third-order valence-electron chi connectivity index (χ3n) is 1.85. The van der Waals surface area contributed by atoms with Crippen molar-refractivity contribution in [2.75, 3.05) is 5.73 Å². The highest BCUT2D eigenvalue weighted by atomic mass is 19.1. The number of anilines is 1. The Balaban J connectivity index is 2.70. The Morgan fingerprint density at radius 1 is 1.54 bits per heavy atom. The molecule has 3 nitrogen and oxygen atoms in total. The van der Waals surface area contributed by atoms with Crippen LogP contribution in [0.2, 0.25) is 0 Å². The lowest BCUT2D eigenvalue weighted by Crippen LogP contribution is -1.88. The second kappa shape index (κ2) is 2.73. The van der Waals surface area contributed by atoms with Crippen molar-refractivity contribution in [1.82, 2.24) is 4.98 Å². The molecule has 0 aliphatic carbocycles. The Kier molecular flexibility index (Phi) is 1.69. The van der Waals surface area contributed by atoms with E-state index < -0.39 is 5.82 Å². The minimum absolute atomic E-state index is 0.0892. The van der Waals surface area contributed by atoms with Gasteiger partial charge in [0.1, 0.15) is 11.3 Å². The molecular formula is C9H9FN2O. The molecule has 0 unspecified atom stereocenters. The van der Waals surface area contributed by atoms with E-state index in [9.17, 15) is 4.39 Å². The van der Waals surface area contributed by atoms with Crippen molar-refractivity contribution in [1.29, 1.82) is 0 Å². The molecule has 0 fully saturated rings. The molecule has 0 saturated carbocycles. The number of rotatable bonds is 1. The summed E-state index contributed by atoms with van der Waals surface area (Å²) in [5, 5.41) is 0. The summed E-state index contributed by atoms with van der Waals surface area (Å²) in [6, 6.07) is 2.74. The van der Waals surface area contributed by atoms with Crippen molar-refractivity contribution in [3.05, 3.63) is 23.8 Å². The summed E-state index contributed by atoms with van der Waals surface area (Å²) in [6.45, 7) is 1.92. The number of aromatic nitrogens is 1. The normalized spacial score (nSPS) is 10.9. The van der Waals surface area contributed by atoms with E-state index in [1.165, 1.54) is 12.1 Å². The summed E-state index contributed by atoms with van der Waals surface area (Å²) in [5.41, 5.74) is 6.52. The number of aryl methyl sites for hydroxylation is 1. The molecule has 13 heavy (non-hydrogen) atoms. The van der Waals surface area contributed by atoms with E-state index in [-0.39, 0.29) is 5.69 Å². The van der Waals surface area contributed by atoms with Gasteiger partial charge in [-0.2, -0.15) is 0 Å². The zero-order chi connectivity index (χ0) is 9.42. The van der Waals surface area contributed by atoms with Gasteiger partial charge in [-0.3, -0.25) is 0 Å². The molecule has 0 bridgehead atoms. The van der Waals surface area contributed by atoms with Crippen molar-refractivity contribution < 1.29 is 8.81 Å². The van der Waals surface area contributed by atoms with Gasteiger partial charge in [-0.15, -0.1) is 0 Å². The number of nitrogens with two attached hydrogens (primary N) is 1. The van der Waals surface area contributed by atoms with Crippen LogP contribution in [0.4, 0.5) is 10.1 Å². The van der Waals surface area contributed by atoms with Gasteiger partial charge in [0.2, 0.25) is 0 Å². The maximum absolute atomic E-state index is 13.0. The monoisotopic (exact) mass is 180 g/mol. The van der Waals surface area contributed by atoms with Gasteiger partial charge in [-0.05, 0) is 0 Å². The quantitative estimate of drug-likeness (QED) is 0.684. The summed E-state index contributed by atoms with van der Waals surface area (Å²) >= 11 is 0. The predicted octanol–water partition coefficient (Wildman–Crippen LogP) is 2.11. The van der Waals surface area contributed by atoms with E-state index >= 15 is 0 Å². The summed E-state index contributed by atoms with van der Waals surface area (Å²) < 4.78 is 18.3. The summed E-state index contributed by atoms with van der Waals surface area (Å²) in [6.07, 6.45) is 0.691. The van der Waals surface area contributed by atoms with Crippen LogP contribution in [0, 0.1) is 5.82 Å². The first-order valence-electron chi connectivity index (χ1n) is 4.05. The van der Waals surface area contributed by atoms with Gasteiger partial charge in [0, 0.05) is 18.6 Å².